The highest BCUT2D eigenvalue weighted by Gasteiger charge is 2.23. The zero-order chi connectivity index (χ0) is 17.2. The fraction of sp³-hybridized carbons (Fsp3) is 0.300. The molecule has 0 atom stereocenters. The van der Waals surface area contributed by atoms with E-state index in [0.29, 0.717) is 13.1 Å². The largest absolute Gasteiger partial charge is 0.339 e. The van der Waals surface area contributed by atoms with Crippen molar-refractivity contribution in [2.45, 2.75) is 13.3 Å². The Kier molecular flexibility index (Phi) is 4.14. The van der Waals surface area contributed by atoms with Crippen LogP contribution >= 0.6 is 0 Å². The molecule has 3 aromatic rings. The molecule has 0 spiro atoms. The minimum absolute atomic E-state index is 0.118. The summed E-state index contributed by atoms with van der Waals surface area (Å²) in [6, 6.07) is 16.0. The third-order valence-corrected chi connectivity index (χ3v) is 4.85. The number of carbonyl (C=O) groups excluding carboxylic acids is 1. The number of aryl methyl sites for hydroxylation is 1. The van der Waals surface area contributed by atoms with Crippen LogP contribution in [-0.4, -0.2) is 47.0 Å². The van der Waals surface area contributed by atoms with Gasteiger partial charge in [0.2, 0.25) is 5.95 Å². The Hall–Kier alpha value is -2.82. The number of hydrogen-bond acceptors (Lipinski definition) is 3. The average Bonchev–Trinajstić information content (AvgIpc) is 3.12. The number of piperazine rings is 1. The van der Waals surface area contributed by atoms with Gasteiger partial charge in [0.1, 0.15) is 0 Å². The van der Waals surface area contributed by atoms with E-state index in [-0.39, 0.29) is 5.91 Å². The number of para-hydroxylation sites is 2. The summed E-state index contributed by atoms with van der Waals surface area (Å²) in [5.41, 5.74) is 4.06. The molecule has 1 fully saturated rings. The fourth-order valence-corrected chi connectivity index (χ4v) is 3.28. The van der Waals surface area contributed by atoms with Crippen LogP contribution in [0, 0.1) is 0 Å². The van der Waals surface area contributed by atoms with Gasteiger partial charge in [-0.3, -0.25) is 4.79 Å². The van der Waals surface area contributed by atoms with Gasteiger partial charge in [-0.05, 0) is 36.2 Å². The van der Waals surface area contributed by atoms with Crippen molar-refractivity contribution in [1.82, 2.24) is 14.9 Å². The quantitative estimate of drug-likeness (QED) is 0.801. The second-order valence-electron chi connectivity index (χ2n) is 6.41. The molecule has 5 heteroatoms. The molecule has 0 unspecified atom stereocenters. The van der Waals surface area contributed by atoms with Crippen LogP contribution in [0.3, 0.4) is 0 Å². The molecule has 1 aliphatic heterocycles. The number of anilines is 1. The summed E-state index contributed by atoms with van der Waals surface area (Å²) in [4.78, 5) is 24.8. The number of rotatable bonds is 3. The van der Waals surface area contributed by atoms with Crippen LogP contribution in [-0.2, 0) is 6.42 Å². The second-order valence-corrected chi connectivity index (χ2v) is 6.41. The maximum Gasteiger partial charge on any atom is 0.253 e. The number of carbonyl (C=O) groups is 1. The topological polar surface area (TPSA) is 52.2 Å². The lowest BCUT2D eigenvalue weighted by atomic mass is 10.1. The first-order valence-electron chi connectivity index (χ1n) is 8.82. The Bertz CT molecular complexity index is 843. The molecular formula is C20H22N4O. The van der Waals surface area contributed by atoms with Crippen LogP contribution in [0.2, 0.25) is 0 Å². The van der Waals surface area contributed by atoms with Crippen molar-refractivity contribution in [3.8, 4) is 0 Å². The molecule has 25 heavy (non-hydrogen) atoms. The number of amides is 1. The summed E-state index contributed by atoms with van der Waals surface area (Å²) in [6.45, 7) is 5.13. The highest BCUT2D eigenvalue weighted by atomic mass is 16.2. The van der Waals surface area contributed by atoms with Crippen LogP contribution in [0.5, 0.6) is 0 Å². The van der Waals surface area contributed by atoms with Crippen LogP contribution in [0.15, 0.2) is 48.5 Å². The van der Waals surface area contributed by atoms with Gasteiger partial charge in [0.25, 0.3) is 5.91 Å². The van der Waals surface area contributed by atoms with E-state index in [9.17, 15) is 4.79 Å². The number of imidazole rings is 1. The molecule has 0 saturated carbocycles. The predicted molar refractivity (Wildman–Crippen MR) is 100 cm³/mol. The van der Waals surface area contributed by atoms with Crippen molar-refractivity contribution in [3.05, 3.63) is 59.7 Å². The van der Waals surface area contributed by atoms with Crippen LogP contribution < -0.4 is 4.90 Å². The molecule has 1 saturated heterocycles. The molecule has 1 aromatic heterocycles. The first kappa shape index (κ1) is 15.7. The normalized spacial score (nSPS) is 14.9. The molecule has 1 aliphatic rings. The highest BCUT2D eigenvalue weighted by Crippen LogP contribution is 2.19. The minimum atomic E-state index is 0.118. The lowest BCUT2D eigenvalue weighted by molar-refractivity contribution is 0.0746. The predicted octanol–water partition coefficient (Wildman–Crippen LogP) is 3.09. The van der Waals surface area contributed by atoms with Gasteiger partial charge >= 0.3 is 0 Å². The molecule has 4 rings (SSSR count). The van der Waals surface area contributed by atoms with Crippen molar-refractivity contribution in [3.63, 3.8) is 0 Å². The van der Waals surface area contributed by atoms with E-state index in [1.165, 1.54) is 5.56 Å². The second kappa shape index (κ2) is 6.59. The Morgan fingerprint density at radius 3 is 2.44 bits per heavy atom. The Labute approximate surface area is 147 Å². The van der Waals surface area contributed by atoms with Crippen molar-refractivity contribution >= 4 is 22.9 Å². The number of H-pyrrole nitrogens is 1. The van der Waals surface area contributed by atoms with Crippen molar-refractivity contribution in [2.75, 3.05) is 31.1 Å². The van der Waals surface area contributed by atoms with E-state index in [4.69, 9.17) is 0 Å². The van der Waals surface area contributed by atoms with Gasteiger partial charge < -0.3 is 14.8 Å². The number of aromatic amines is 1. The van der Waals surface area contributed by atoms with E-state index in [1.54, 1.807) is 0 Å². The zero-order valence-corrected chi connectivity index (χ0v) is 14.4. The van der Waals surface area contributed by atoms with Gasteiger partial charge in [0, 0.05) is 31.7 Å². The van der Waals surface area contributed by atoms with Gasteiger partial charge in [0.05, 0.1) is 11.0 Å². The fourth-order valence-electron chi connectivity index (χ4n) is 3.28. The third kappa shape index (κ3) is 3.09. The van der Waals surface area contributed by atoms with E-state index in [1.807, 2.05) is 53.4 Å². The molecule has 1 amide bonds. The first-order valence-corrected chi connectivity index (χ1v) is 8.82. The number of nitrogens with one attached hydrogen (secondary N) is 1. The van der Waals surface area contributed by atoms with Crippen LogP contribution in [0.25, 0.3) is 11.0 Å². The Morgan fingerprint density at radius 1 is 1.04 bits per heavy atom. The highest BCUT2D eigenvalue weighted by molar-refractivity contribution is 5.94. The molecule has 0 radical (unpaired) electrons. The summed E-state index contributed by atoms with van der Waals surface area (Å²) < 4.78 is 0. The molecule has 0 bridgehead atoms. The summed E-state index contributed by atoms with van der Waals surface area (Å²) in [5, 5.41) is 0. The average molecular weight is 334 g/mol. The van der Waals surface area contributed by atoms with E-state index in [2.05, 4.69) is 21.8 Å². The Morgan fingerprint density at radius 2 is 1.76 bits per heavy atom. The number of nitrogens with zero attached hydrogens (tertiary/aromatic N) is 3. The molecule has 5 nitrogen and oxygen atoms in total. The van der Waals surface area contributed by atoms with Gasteiger partial charge in [-0.15, -0.1) is 0 Å². The Balaban J connectivity index is 1.42. The number of hydrogen-bond donors (Lipinski definition) is 1. The monoisotopic (exact) mass is 334 g/mol. The SMILES string of the molecule is CCc1ccc(C(=O)N2CCN(c3nc4ccccc4[nH]3)CC2)cc1. The summed E-state index contributed by atoms with van der Waals surface area (Å²) in [6.07, 6.45) is 0.991. The number of aromatic nitrogens is 2. The molecule has 0 aliphatic carbocycles. The number of benzene rings is 2. The smallest absolute Gasteiger partial charge is 0.253 e. The molecular weight excluding hydrogens is 312 g/mol. The van der Waals surface area contributed by atoms with Gasteiger partial charge in [0.15, 0.2) is 0 Å². The standard InChI is InChI=1S/C20H22N4O/c1-2-15-7-9-16(10-8-15)19(25)23-11-13-24(14-12-23)20-21-17-5-3-4-6-18(17)22-20/h3-10H,2,11-14H2,1H3,(H,21,22). The van der Waals surface area contributed by atoms with Crippen LogP contribution in [0.4, 0.5) is 5.95 Å². The maximum absolute atomic E-state index is 12.7. The van der Waals surface area contributed by atoms with Gasteiger partial charge in [-0.25, -0.2) is 4.98 Å². The first-order chi connectivity index (χ1) is 12.2. The van der Waals surface area contributed by atoms with Gasteiger partial charge in [-0.1, -0.05) is 31.2 Å². The third-order valence-electron chi connectivity index (χ3n) is 4.85. The van der Waals surface area contributed by atoms with Crippen molar-refractivity contribution in [2.24, 2.45) is 0 Å². The van der Waals surface area contributed by atoms with E-state index < -0.39 is 0 Å². The van der Waals surface area contributed by atoms with Crippen LogP contribution in [0.1, 0.15) is 22.8 Å². The minimum Gasteiger partial charge on any atom is -0.339 e. The lowest BCUT2D eigenvalue weighted by Gasteiger charge is -2.34. The molecule has 1 N–H and O–H groups in total. The lowest BCUT2D eigenvalue weighted by Crippen LogP contribution is -2.49. The van der Waals surface area contributed by atoms with E-state index in [0.717, 1.165) is 42.1 Å². The van der Waals surface area contributed by atoms with Gasteiger partial charge in [-0.2, -0.15) is 0 Å². The van der Waals surface area contributed by atoms with Crippen molar-refractivity contribution < 1.29 is 4.79 Å². The molecule has 2 heterocycles. The van der Waals surface area contributed by atoms with E-state index >= 15 is 0 Å². The molecule has 2 aromatic carbocycles. The summed E-state index contributed by atoms with van der Waals surface area (Å²) in [7, 11) is 0. The molecule has 128 valence electrons. The van der Waals surface area contributed by atoms with Crippen molar-refractivity contribution in [1.29, 1.82) is 0 Å². The number of fused-ring (bicyclic) bond motifs is 1. The summed E-state index contributed by atoms with van der Waals surface area (Å²) >= 11 is 0. The summed E-state index contributed by atoms with van der Waals surface area (Å²) in [5.74, 6) is 1.01. The zero-order valence-electron chi connectivity index (χ0n) is 14.4. The maximum atomic E-state index is 12.7.